The highest BCUT2D eigenvalue weighted by atomic mass is 16.3. The van der Waals surface area contributed by atoms with E-state index in [-0.39, 0.29) is 34.5 Å². The molecule has 0 amide bonds. The van der Waals surface area contributed by atoms with Gasteiger partial charge in [0.25, 0.3) is 11.1 Å². The molecule has 6 N–H and O–H groups in total. The van der Waals surface area contributed by atoms with Gasteiger partial charge in [0, 0.05) is 17.2 Å². The fourth-order valence-corrected chi connectivity index (χ4v) is 3.04. The largest absolute Gasteiger partial charge is 0.507 e. The third kappa shape index (κ3) is 2.60. The van der Waals surface area contributed by atoms with Gasteiger partial charge in [-0.15, -0.1) is 0 Å². The van der Waals surface area contributed by atoms with E-state index >= 15 is 0 Å². The van der Waals surface area contributed by atoms with Crippen LogP contribution in [0.1, 0.15) is 11.1 Å². The summed E-state index contributed by atoms with van der Waals surface area (Å²) in [5.41, 5.74) is 0.0895. The predicted molar refractivity (Wildman–Crippen MR) is 98.9 cm³/mol. The summed E-state index contributed by atoms with van der Waals surface area (Å²) in [5.74, 6) is -0.377. The lowest BCUT2D eigenvalue weighted by molar-refractivity contribution is 0.467. The first-order valence-corrected chi connectivity index (χ1v) is 7.72. The van der Waals surface area contributed by atoms with Crippen LogP contribution in [-0.2, 0) is 6.42 Å². The Balaban J connectivity index is 0.00000196. The van der Waals surface area contributed by atoms with Gasteiger partial charge in [-0.05, 0) is 24.3 Å². The molecule has 2 aromatic carbocycles. The second-order valence-electron chi connectivity index (χ2n) is 5.83. The van der Waals surface area contributed by atoms with Crippen molar-refractivity contribution in [1.29, 1.82) is 0 Å². The average Bonchev–Trinajstić information content (AvgIpc) is 2.61. The van der Waals surface area contributed by atoms with Gasteiger partial charge in [0.15, 0.2) is 0 Å². The molecule has 0 spiro atoms. The monoisotopic (exact) mass is 352 g/mol. The molecule has 0 unspecified atom stereocenters. The normalized spacial score (nSPS) is 10.8. The van der Waals surface area contributed by atoms with Crippen molar-refractivity contribution in [2.45, 2.75) is 6.42 Å². The SMILES string of the molecule is O.O=c1[nH]c2ccccc2c(O)c1Cc1c(O)c2ccccc2[nH]c1=O. The zero-order chi connectivity index (χ0) is 17.6. The number of fused-ring (bicyclic) bond motifs is 2. The Morgan fingerprint density at radius 3 is 1.50 bits per heavy atom. The molecular formula is C19H16N2O5. The second-order valence-corrected chi connectivity index (χ2v) is 5.83. The van der Waals surface area contributed by atoms with Crippen LogP contribution in [-0.4, -0.2) is 25.7 Å². The van der Waals surface area contributed by atoms with Crippen molar-refractivity contribution in [3.63, 3.8) is 0 Å². The highest BCUT2D eigenvalue weighted by Gasteiger charge is 2.18. The van der Waals surface area contributed by atoms with E-state index in [1.165, 1.54) is 0 Å². The number of aromatic hydroxyl groups is 2. The summed E-state index contributed by atoms with van der Waals surface area (Å²) >= 11 is 0. The van der Waals surface area contributed by atoms with Crippen molar-refractivity contribution in [2.24, 2.45) is 0 Å². The van der Waals surface area contributed by atoms with Crippen molar-refractivity contribution < 1.29 is 15.7 Å². The van der Waals surface area contributed by atoms with Crippen molar-refractivity contribution in [3.8, 4) is 11.5 Å². The topological polar surface area (TPSA) is 138 Å². The predicted octanol–water partition coefficient (Wildman–Crippen LogP) is 1.55. The van der Waals surface area contributed by atoms with Crippen molar-refractivity contribution in [3.05, 3.63) is 80.4 Å². The van der Waals surface area contributed by atoms with Crippen LogP contribution in [0.15, 0.2) is 58.1 Å². The molecule has 0 radical (unpaired) electrons. The Morgan fingerprint density at radius 2 is 1.08 bits per heavy atom. The molecule has 0 aliphatic heterocycles. The molecule has 0 fully saturated rings. The maximum absolute atomic E-state index is 12.3. The van der Waals surface area contributed by atoms with Crippen LogP contribution in [0.5, 0.6) is 11.5 Å². The third-order valence-corrected chi connectivity index (χ3v) is 4.33. The Bertz CT molecular complexity index is 1140. The van der Waals surface area contributed by atoms with Gasteiger partial charge in [-0.25, -0.2) is 0 Å². The molecule has 2 heterocycles. The number of rotatable bonds is 2. The summed E-state index contributed by atoms with van der Waals surface area (Å²) in [5, 5.41) is 21.9. The van der Waals surface area contributed by atoms with Crippen LogP contribution in [0.2, 0.25) is 0 Å². The average molecular weight is 352 g/mol. The molecule has 26 heavy (non-hydrogen) atoms. The molecule has 0 saturated carbocycles. The summed E-state index contributed by atoms with van der Waals surface area (Å²) in [7, 11) is 0. The summed E-state index contributed by atoms with van der Waals surface area (Å²) < 4.78 is 0. The van der Waals surface area contributed by atoms with Gasteiger partial charge in [-0.3, -0.25) is 9.59 Å². The summed E-state index contributed by atoms with van der Waals surface area (Å²) in [6.45, 7) is 0. The lowest BCUT2D eigenvalue weighted by atomic mass is 10.0. The van der Waals surface area contributed by atoms with Crippen LogP contribution in [0, 0.1) is 0 Å². The molecular weight excluding hydrogens is 336 g/mol. The van der Waals surface area contributed by atoms with Gasteiger partial charge in [-0.1, -0.05) is 24.3 Å². The molecule has 4 aromatic rings. The van der Waals surface area contributed by atoms with Crippen LogP contribution in [0.3, 0.4) is 0 Å². The molecule has 0 aliphatic rings. The Morgan fingerprint density at radius 1 is 0.692 bits per heavy atom. The molecule has 0 aliphatic carbocycles. The third-order valence-electron chi connectivity index (χ3n) is 4.33. The van der Waals surface area contributed by atoms with Gasteiger partial charge in [0.2, 0.25) is 0 Å². The van der Waals surface area contributed by atoms with E-state index < -0.39 is 11.1 Å². The van der Waals surface area contributed by atoms with E-state index in [1.54, 1.807) is 48.5 Å². The van der Waals surface area contributed by atoms with Crippen LogP contribution in [0.4, 0.5) is 0 Å². The number of hydrogen-bond donors (Lipinski definition) is 4. The first-order chi connectivity index (χ1) is 12.1. The van der Waals surface area contributed by atoms with Crippen molar-refractivity contribution >= 4 is 21.8 Å². The lowest BCUT2D eigenvalue weighted by Gasteiger charge is -2.10. The molecule has 0 bridgehead atoms. The first-order valence-electron chi connectivity index (χ1n) is 7.72. The zero-order valence-electron chi connectivity index (χ0n) is 13.5. The van der Waals surface area contributed by atoms with E-state index in [0.717, 1.165) is 0 Å². The Kier molecular flexibility index (Phi) is 4.23. The van der Waals surface area contributed by atoms with E-state index in [0.29, 0.717) is 21.8 Å². The Hall–Kier alpha value is -3.58. The number of nitrogens with one attached hydrogen (secondary N) is 2. The number of pyridine rings is 2. The van der Waals surface area contributed by atoms with E-state index in [4.69, 9.17) is 0 Å². The van der Waals surface area contributed by atoms with Crippen molar-refractivity contribution in [2.75, 3.05) is 0 Å². The lowest BCUT2D eigenvalue weighted by Crippen LogP contribution is -2.19. The Labute approximate surface area is 146 Å². The second kappa shape index (κ2) is 6.38. The van der Waals surface area contributed by atoms with Gasteiger partial charge < -0.3 is 25.7 Å². The maximum atomic E-state index is 12.3. The molecule has 132 valence electrons. The number of aromatic amines is 2. The summed E-state index contributed by atoms with van der Waals surface area (Å²) in [6, 6.07) is 13.7. The quantitative estimate of drug-likeness (QED) is 0.435. The van der Waals surface area contributed by atoms with Gasteiger partial charge >= 0.3 is 0 Å². The summed E-state index contributed by atoms with van der Waals surface area (Å²) in [4.78, 5) is 30.0. The summed E-state index contributed by atoms with van der Waals surface area (Å²) in [6.07, 6.45) is -0.183. The maximum Gasteiger partial charge on any atom is 0.255 e. The standard InChI is InChI=1S/C19H14N2O4.H2O/c22-16-10-5-1-3-7-14(10)20-18(24)12(16)9-13-17(23)11-6-2-4-8-15(11)21-19(13)25;/h1-8H,9H2,(H2,20,22,24)(H2,21,23,25);1H2. The molecule has 7 heteroatoms. The number of hydrogen-bond acceptors (Lipinski definition) is 4. The highest BCUT2D eigenvalue weighted by Crippen LogP contribution is 2.30. The minimum atomic E-state index is -0.497. The van der Waals surface area contributed by atoms with Crippen LogP contribution < -0.4 is 11.1 Å². The zero-order valence-corrected chi connectivity index (χ0v) is 13.5. The van der Waals surface area contributed by atoms with Crippen LogP contribution >= 0.6 is 0 Å². The molecule has 7 nitrogen and oxygen atoms in total. The smallest absolute Gasteiger partial charge is 0.255 e. The number of benzene rings is 2. The number of para-hydroxylation sites is 2. The number of H-pyrrole nitrogens is 2. The van der Waals surface area contributed by atoms with E-state index in [2.05, 4.69) is 9.97 Å². The molecule has 0 atom stereocenters. The van der Waals surface area contributed by atoms with E-state index in [1.807, 2.05) is 0 Å². The minimum absolute atomic E-state index is 0. The first kappa shape index (κ1) is 17.2. The van der Waals surface area contributed by atoms with E-state index in [9.17, 15) is 19.8 Å². The minimum Gasteiger partial charge on any atom is -0.507 e. The van der Waals surface area contributed by atoms with Gasteiger partial charge in [0.05, 0.1) is 22.2 Å². The fourth-order valence-electron chi connectivity index (χ4n) is 3.04. The van der Waals surface area contributed by atoms with Gasteiger partial charge in [0.1, 0.15) is 11.5 Å². The molecule has 2 aromatic heterocycles. The number of aromatic nitrogens is 2. The fraction of sp³-hybridized carbons (Fsp3) is 0.0526. The molecule has 0 saturated heterocycles. The highest BCUT2D eigenvalue weighted by molar-refractivity contribution is 5.87. The van der Waals surface area contributed by atoms with Gasteiger partial charge in [-0.2, -0.15) is 0 Å². The molecule has 4 rings (SSSR count). The van der Waals surface area contributed by atoms with Crippen LogP contribution in [0.25, 0.3) is 21.8 Å². The van der Waals surface area contributed by atoms with Crippen molar-refractivity contribution in [1.82, 2.24) is 9.97 Å².